The second kappa shape index (κ2) is 9.47. The van der Waals surface area contributed by atoms with E-state index in [4.69, 9.17) is 14.7 Å². The van der Waals surface area contributed by atoms with Gasteiger partial charge in [-0.2, -0.15) is 13.2 Å². The van der Waals surface area contributed by atoms with Crippen LogP contribution >= 0.6 is 0 Å². The number of carboxylic acid groups (broad SMARTS) is 1. The van der Waals surface area contributed by atoms with E-state index in [1.165, 1.54) is 12.1 Å². The number of aliphatic carboxylic acids is 1. The molecule has 0 amide bonds. The van der Waals surface area contributed by atoms with Gasteiger partial charge in [0.05, 0.1) is 17.9 Å². The Bertz CT molecular complexity index is 863. The predicted octanol–water partition coefficient (Wildman–Crippen LogP) is 4.95. The lowest BCUT2D eigenvalue weighted by Gasteiger charge is -2.16. The molecule has 0 bridgehead atoms. The Hall–Kier alpha value is -3.00. The Morgan fingerprint density at radius 3 is 2.38 bits per heavy atom. The third-order valence-corrected chi connectivity index (χ3v) is 4.15. The van der Waals surface area contributed by atoms with Crippen molar-refractivity contribution in [1.29, 1.82) is 0 Å². The lowest BCUT2D eigenvalue weighted by atomic mass is 10.1. The van der Waals surface area contributed by atoms with Crippen LogP contribution in [0.25, 0.3) is 5.70 Å². The number of halogens is 3. The van der Waals surface area contributed by atoms with Gasteiger partial charge in [0, 0.05) is 0 Å². The number of carboxylic acids is 1. The summed E-state index contributed by atoms with van der Waals surface area (Å²) in [6, 6.07) is 9.80. The van der Waals surface area contributed by atoms with Crippen LogP contribution in [0.5, 0.6) is 5.75 Å². The first-order valence-corrected chi connectivity index (χ1v) is 8.85. The van der Waals surface area contributed by atoms with Crippen LogP contribution in [0.2, 0.25) is 0 Å². The second-order valence-corrected chi connectivity index (χ2v) is 6.40. The summed E-state index contributed by atoms with van der Waals surface area (Å²) in [5, 5.41) is 9.09. The quantitative estimate of drug-likeness (QED) is 0.574. The van der Waals surface area contributed by atoms with Crippen LogP contribution in [0.15, 0.2) is 49.0 Å². The molecule has 0 aromatic heterocycles. The monoisotopic (exact) mass is 409 g/mol. The maximum atomic E-state index is 12.6. The van der Waals surface area contributed by atoms with Gasteiger partial charge in [-0.25, -0.2) is 4.79 Å². The topological polar surface area (TPSA) is 67.8 Å². The lowest BCUT2D eigenvalue weighted by Crippen LogP contribution is -2.26. The molecule has 5 nitrogen and oxygen atoms in total. The molecule has 2 N–H and O–H groups in total. The van der Waals surface area contributed by atoms with Crippen molar-refractivity contribution in [2.45, 2.75) is 39.2 Å². The highest BCUT2D eigenvalue weighted by atomic mass is 19.4. The van der Waals surface area contributed by atoms with Crippen molar-refractivity contribution in [2.24, 2.45) is 0 Å². The number of nitrogens with one attached hydrogen (secondary N) is 1. The van der Waals surface area contributed by atoms with Crippen LogP contribution in [0.3, 0.4) is 0 Å². The number of aryl methyl sites for hydroxylation is 1. The van der Waals surface area contributed by atoms with E-state index in [0.29, 0.717) is 29.0 Å². The van der Waals surface area contributed by atoms with Gasteiger partial charge in [-0.1, -0.05) is 25.6 Å². The van der Waals surface area contributed by atoms with E-state index in [1.54, 1.807) is 32.0 Å². The minimum Gasteiger partial charge on any atom is -0.479 e. The Morgan fingerprint density at radius 1 is 1.21 bits per heavy atom. The second-order valence-electron chi connectivity index (χ2n) is 6.40. The number of ether oxygens (including phenoxy) is 1. The van der Waals surface area contributed by atoms with E-state index in [0.717, 1.165) is 17.7 Å². The van der Waals surface area contributed by atoms with Crippen molar-refractivity contribution in [1.82, 2.24) is 5.48 Å². The summed E-state index contributed by atoms with van der Waals surface area (Å²) in [6.45, 7) is 7.41. The summed E-state index contributed by atoms with van der Waals surface area (Å²) < 4.78 is 43.2. The van der Waals surface area contributed by atoms with Crippen molar-refractivity contribution in [2.75, 3.05) is 0 Å². The zero-order valence-electron chi connectivity index (χ0n) is 16.0. The molecule has 0 aliphatic rings. The smallest absolute Gasteiger partial charge is 0.416 e. The molecule has 0 aliphatic carbocycles. The molecular formula is C21H22F3NO4. The van der Waals surface area contributed by atoms with Crippen molar-refractivity contribution >= 4 is 11.7 Å². The molecule has 29 heavy (non-hydrogen) atoms. The predicted molar refractivity (Wildman–Crippen MR) is 102 cm³/mol. The Balaban J connectivity index is 1.92. The molecule has 0 saturated heterocycles. The van der Waals surface area contributed by atoms with Crippen molar-refractivity contribution in [3.05, 3.63) is 71.3 Å². The number of hydroxylamine groups is 1. The van der Waals surface area contributed by atoms with Crippen molar-refractivity contribution < 1.29 is 32.6 Å². The fourth-order valence-electron chi connectivity index (χ4n) is 2.49. The highest BCUT2D eigenvalue weighted by Gasteiger charge is 2.29. The molecule has 2 rings (SSSR count). The number of carbonyl (C=O) groups is 1. The molecule has 0 spiro atoms. The third-order valence-electron chi connectivity index (χ3n) is 4.15. The highest BCUT2D eigenvalue weighted by molar-refractivity contribution is 5.72. The molecular weight excluding hydrogens is 387 g/mol. The van der Waals surface area contributed by atoms with Gasteiger partial charge in [-0.3, -0.25) is 10.3 Å². The summed E-state index contributed by atoms with van der Waals surface area (Å²) in [7, 11) is 0. The lowest BCUT2D eigenvalue weighted by molar-refractivity contribution is -0.145. The van der Waals surface area contributed by atoms with E-state index in [-0.39, 0.29) is 6.61 Å². The fraction of sp³-hybridized carbons (Fsp3) is 0.286. The molecule has 156 valence electrons. The zero-order chi connectivity index (χ0) is 21.6. The summed E-state index contributed by atoms with van der Waals surface area (Å²) in [4.78, 5) is 16.4. The first kappa shape index (κ1) is 22.3. The van der Waals surface area contributed by atoms with E-state index in [9.17, 15) is 18.0 Å². The van der Waals surface area contributed by atoms with E-state index < -0.39 is 23.8 Å². The van der Waals surface area contributed by atoms with Crippen LogP contribution < -0.4 is 10.2 Å². The zero-order valence-corrected chi connectivity index (χ0v) is 16.0. The van der Waals surface area contributed by atoms with E-state index in [2.05, 4.69) is 12.1 Å². The Kier molecular flexibility index (Phi) is 7.28. The molecule has 0 heterocycles. The molecule has 1 atom stereocenters. The number of alkyl halides is 3. The van der Waals surface area contributed by atoms with Gasteiger partial charge in [0.15, 0.2) is 6.10 Å². The van der Waals surface area contributed by atoms with Gasteiger partial charge in [0.1, 0.15) is 5.75 Å². The molecule has 8 heteroatoms. The SMILES string of the molecule is C=C(NOCc1ccc(C(F)(F)F)cc1)c1ccc(OC(CC)C(=O)O)c(C)c1. The molecule has 0 radical (unpaired) electrons. The average Bonchev–Trinajstić information content (AvgIpc) is 2.66. The van der Waals surface area contributed by atoms with Crippen LogP contribution in [0.4, 0.5) is 13.2 Å². The van der Waals surface area contributed by atoms with Crippen LogP contribution in [-0.4, -0.2) is 17.2 Å². The molecule has 0 saturated carbocycles. The first-order valence-electron chi connectivity index (χ1n) is 8.85. The molecule has 0 aliphatic heterocycles. The maximum absolute atomic E-state index is 12.6. The standard InChI is InChI=1S/C21H22F3NO4/c1-4-18(20(26)27)29-19-10-7-16(11-13(19)2)14(3)25-28-12-15-5-8-17(9-6-15)21(22,23)24/h5-11,18,25H,3-4,12H2,1-2H3,(H,26,27). The molecule has 2 aromatic rings. The first-order chi connectivity index (χ1) is 13.6. The molecule has 1 unspecified atom stereocenters. The number of hydrogen-bond donors (Lipinski definition) is 2. The number of benzene rings is 2. The van der Waals surface area contributed by atoms with Crippen LogP contribution in [0.1, 0.15) is 35.6 Å². The van der Waals surface area contributed by atoms with Crippen LogP contribution in [0, 0.1) is 6.92 Å². The fourth-order valence-corrected chi connectivity index (χ4v) is 2.49. The normalized spacial score (nSPS) is 12.3. The Morgan fingerprint density at radius 2 is 1.86 bits per heavy atom. The van der Waals surface area contributed by atoms with Crippen molar-refractivity contribution in [3.63, 3.8) is 0 Å². The number of hydrogen-bond acceptors (Lipinski definition) is 4. The minimum absolute atomic E-state index is 0.0497. The van der Waals surface area contributed by atoms with Gasteiger partial charge in [0.25, 0.3) is 0 Å². The van der Waals surface area contributed by atoms with Gasteiger partial charge >= 0.3 is 12.1 Å². The van der Waals surface area contributed by atoms with Gasteiger partial charge < -0.3 is 9.84 Å². The van der Waals surface area contributed by atoms with Crippen LogP contribution in [-0.2, 0) is 22.4 Å². The third kappa shape index (κ3) is 6.25. The molecule has 0 fully saturated rings. The van der Waals surface area contributed by atoms with E-state index >= 15 is 0 Å². The minimum atomic E-state index is -4.37. The van der Waals surface area contributed by atoms with Gasteiger partial charge in [0.2, 0.25) is 0 Å². The highest BCUT2D eigenvalue weighted by Crippen LogP contribution is 2.29. The van der Waals surface area contributed by atoms with Crippen molar-refractivity contribution in [3.8, 4) is 5.75 Å². The maximum Gasteiger partial charge on any atom is 0.416 e. The summed E-state index contributed by atoms with van der Waals surface area (Å²) in [5.41, 5.74) is 4.38. The molecule has 2 aromatic carbocycles. The summed E-state index contributed by atoms with van der Waals surface area (Å²) >= 11 is 0. The summed E-state index contributed by atoms with van der Waals surface area (Å²) in [5.74, 6) is -0.569. The van der Waals surface area contributed by atoms with Gasteiger partial charge in [-0.15, -0.1) is 0 Å². The largest absolute Gasteiger partial charge is 0.479 e. The number of rotatable bonds is 9. The average molecular weight is 409 g/mol. The summed E-state index contributed by atoms with van der Waals surface area (Å²) in [6.07, 6.45) is -4.96. The Labute approximate surface area is 166 Å². The van der Waals surface area contributed by atoms with Gasteiger partial charge in [-0.05, 0) is 60.4 Å². The van der Waals surface area contributed by atoms with E-state index in [1.807, 2.05) is 0 Å².